The summed E-state index contributed by atoms with van der Waals surface area (Å²) in [6.07, 6.45) is 0. The van der Waals surface area contributed by atoms with Gasteiger partial charge in [0.25, 0.3) is 0 Å². The van der Waals surface area contributed by atoms with E-state index in [0.717, 1.165) is 0 Å². The monoisotopic (exact) mass is 272 g/mol. The number of hydrogen-bond donors (Lipinski definition) is 4. The van der Waals surface area contributed by atoms with Crippen LogP contribution in [-0.4, -0.2) is 76.9 Å². The van der Waals surface area contributed by atoms with E-state index in [9.17, 15) is 0 Å². The van der Waals surface area contributed by atoms with Crippen LogP contribution in [0.25, 0.3) is 0 Å². The molecule has 0 radical (unpaired) electrons. The largest absolute Gasteiger partial charge is 2.00 e. The van der Waals surface area contributed by atoms with Crippen LogP contribution in [0.1, 0.15) is 2.85 Å². The van der Waals surface area contributed by atoms with E-state index < -0.39 is 10.4 Å². The van der Waals surface area contributed by atoms with Crippen molar-refractivity contribution in [3.05, 3.63) is 0 Å². The average Bonchev–Trinajstić information content (AvgIpc) is 1.36. The Hall–Kier alpha value is 1.36. The third-order valence-corrected chi connectivity index (χ3v) is 0. The molecule has 0 aliphatic carbocycles. The van der Waals surface area contributed by atoms with Crippen LogP contribution in [0, 0.1) is 0 Å². The predicted molar refractivity (Wildman–Crippen MR) is 27.4 cm³/mol. The van der Waals surface area contributed by atoms with Gasteiger partial charge in [0.2, 0.25) is 0 Å². The molecule has 4 N–H and O–H groups in total. The van der Waals surface area contributed by atoms with E-state index in [1.165, 1.54) is 0 Å². The number of rotatable bonds is 0. The third kappa shape index (κ3) is 161. The molecule has 0 spiro atoms. The van der Waals surface area contributed by atoms with Gasteiger partial charge in [0, 0.05) is 0 Å². The smallest absolute Gasteiger partial charge is 1.00 e. The fourth-order valence-corrected chi connectivity index (χ4v) is 0. The molecule has 0 aromatic heterocycles. The summed E-state index contributed by atoms with van der Waals surface area (Å²) in [5.74, 6) is 0. The minimum absolute atomic E-state index is 0. The van der Waals surface area contributed by atoms with Crippen LogP contribution < -0.4 is 0 Å². The number of hydrogen-bond acceptors (Lipinski definition) is 4. The molecule has 0 rings (SSSR count). The van der Waals surface area contributed by atoms with Gasteiger partial charge < -0.3 is 2.85 Å². The van der Waals surface area contributed by atoms with Crippen molar-refractivity contribution < 1.29 is 30.9 Å². The fraction of sp³-hybridized carbons (Fsp3) is 0. The van der Waals surface area contributed by atoms with Crippen LogP contribution in [0.15, 0.2) is 0 Å². The van der Waals surface area contributed by atoms with Crippen molar-refractivity contribution in [1.82, 2.24) is 0 Å². The molecule has 0 aromatic carbocycles. The Kier molecular flexibility index (Phi) is 16.9. The van der Waals surface area contributed by atoms with Crippen LogP contribution in [0.3, 0.4) is 0 Å². The molecule has 0 saturated carbocycles. The summed E-state index contributed by atoms with van der Waals surface area (Å²) in [6.45, 7) is 0. The van der Waals surface area contributed by atoms with E-state index in [4.69, 9.17) is 28.0 Å². The molecule has 0 saturated heterocycles. The van der Waals surface area contributed by atoms with Crippen molar-refractivity contribution in [2.45, 2.75) is 0 Å². The topological polar surface area (TPSA) is 115 Å². The average molecular weight is 271 g/mol. The minimum Gasteiger partial charge on any atom is -1.00 e. The van der Waals surface area contributed by atoms with Gasteiger partial charge in [-0.25, -0.2) is 0 Å². The van der Waals surface area contributed by atoms with Crippen molar-refractivity contribution in [1.29, 1.82) is 0 Å². The maximum atomic E-state index is 8.74. The summed E-state index contributed by atoms with van der Waals surface area (Å²) >= 11 is 0. The van der Waals surface area contributed by atoms with Crippen LogP contribution in [-0.2, 0) is 10.4 Å². The van der Waals surface area contributed by atoms with E-state index in [-0.39, 0.29) is 51.7 Å². The Morgan fingerprint density at radius 2 is 1.12 bits per heavy atom. The molecule has 0 unspecified atom stereocenters. The fourth-order valence-electron chi connectivity index (χ4n) is 0. The molecular formula is H6BaO6S. The van der Waals surface area contributed by atoms with E-state index >= 15 is 0 Å². The molecule has 8 heavy (non-hydrogen) atoms. The van der Waals surface area contributed by atoms with Gasteiger partial charge in [-0.3, -0.25) is 19.6 Å². The molecule has 0 heterocycles. The Bertz CT molecular complexity index is 98.9. The molecule has 0 bridgehead atoms. The quantitative estimate of drug-likeness (QED) is 0.199. The molecule has 50 valence electrons. The van der Waals surface area contributed by atoms with E-state index in [1.807, 2.05) is 0 Å². The van der Waals surface area contributed by atoms with Gasteiger partial charge >= 0.3 is 59.3 Å². The van der Waals surface area contributed by atoms with Crippen molar-refractivity contribution in [3.63, 3.8) is 0 Å². The van der Waals surface area contributed by atoms with E-state index in [0.29, 0.717) is 0 Å². The Morgan fingerprint density at radius 1 is 1.12 bits per heavy atom. The van der Waals surface area contributed by atoms with Gasteiger partial charge in [0.1, 0.15) is 0 Å². The molecule has 0 fully saturated rings. The molecular weight excluding hydrogens is 265 g/mol. The second kappa shape index (κ2) is 8.36. The molecule has 8 heteroatoms. The first-order chi connectivity index (χ1) is 3.00. The normalized spacial score (nSPS) is 8.00. The predicted octanol–water partition coefficient (Wildman–Crippen LogP) is -0.791. The second-order valence-corrected chi connectivity index (χ2v) is 1.34. The van der Waals surface area contributed by atoms with Crippen LogP contribution >= 0.6 is 0 Å². The standard InChI is InChI=1S/Ba.H2O4S.H2O2.2H/c;1-5(2,3)4;1-2;;/h;(H2,1,2,3,4);1-2H;;/q+2;;;2*-1. The van der Waals surface area contributed by atoms with Crippen LogP contribution in [0.4, 0.5) is 0 Å². The summed E-state index contributed by atoms with van der Waals surface area (Å²) in [7, 11) is -4.67. The second-order valence-electron chi connectivity index (χ2n) is 0.448. The molecule has 0 amide bonds. The van der Waals surface area contributed by atoms with Crippen molar-refractivity contribution >= 4 is 59.3 Å². The first kappa shape index (κ1) is 16.2. The first-order valence-corrected chi connectivity index (χ1v) is 2.30. The summed E-state index contributed by atoms with van der Waals surface area (Å²) in [5, 5.41) is 12.0. The van der Waals surface area contributed by atoms with Gasteiger partial charge in [-0.05, 0) is 0 Å². The molecule has 0 aliphatic rings. The molecule has 6 nitrogen and oxygen atoms in total. The summed E-state index contributed by atoms with van der Waals surface area (Å²) < 4.78 is 31.6. The van der Waals surface area contributed by atoms with Crippen molar-refractivity contribution in [3.8, 4) is 0 Å². The summed E-state index contributed by atoms with van der Waals surface area (Å²) in [5.41, 5.74) is 0. The van der Waals surface area contributed by atoms with Crippen LogP contribution in [0.5, 0.6) is 0 Å². The molecule has 0 atom stereocenters. The maximum absolute atomic E-state index is 8.74. The molecule has 0 aromatic rings. The van der Waals surface area contributed by atoms with E-state index in [2.05, 4.69) is 0 Å². The Morgan fingerprint density at radius 3 is 1.12 bits per heavy atom. The summed E-state index contributed by atoms with van der Waals surface area (Å²) in [6, 6.07) is 0. The summed E-state index contributed by atoms with van der Waals surface area (Å²) in [4.78, 5) is 0. The van der Waals surface area contributed by atoms with Crippen molar-refractivity contribution in [2.24, 2.45) is 0 Å². The zero-order chi connectivity index (χ0) is 6.50. The van der Waals surface area contributed by atoms with Gasteiger partial charge in [0.15, 0.2) is 0 Å². The van der Waals surface area contributed by atoms with Crippen LogP contribution in [0.2, 0.25) is 0 Å². The van der Waals surface area contributed by atoms with Gasteiger partial charge in [0.05, 0.1) is 0 Å². The Balaban J connectivity index is -0.0000000154. The van der Waals surface area contributed by atoms with Gasteiger partial charge in [-0.15, -0.1) is 0 Å². The van der Waals surface area contributed by atoms with E-state index in [1.54, 1.807) is 0 Å². The maximum Gasteiger partial charge on any atom is 2.00 e. The first-order valence-electron chi connectivity index (χ1n) is 0.898. The third-order valence-electron chi connectivity index (χ3n) is 0. The minimum atomic E-state index is -4.67. The molecule has 0 aliphatic heterocycles. The Labute approximate surface area is 89.1 Å². The zero-order valence-electron chi connectivity index (χ0n) is 5.72. The van der Waals surface area contributed by atoms with Crippen molar-refractivity contribution in [2.75, 3.05) is 0 Å². The van der Waals surface area contributed by atoms with Gasteiger partial charge in [-0.1, -0.05) is 0 Å². The SMILES string of the molecule is O=S(=O)(O)O.OO.[Ba+2].[H-].[H-]. The zero-order valence-corrected chi connectivity index (χ0v) is 8.98. The van der Waals surface area contributed by atoms with Gasteiger partial charge in [-0.2, -0.15) is 8.42 Å².